The van der Waals surface area contributed by atoms with Crippen molar-refractivity contribution in [3.8, 4) is 5.75 Å². The Labute approximate surface area is 115 Å². The van der Waals surface area contributed by atoms with Crippen LogP contribution < -0.4 is 10.5 Å². The maximum Gasteiger partial charge on any atom is 0.131 e. The topological polar surface area (TPSA) is 35.2 Å². The molecule has 2 aromatic rings. The Morgan fingerprint density at radius 3 is 2.45 bits per heavy atom. The van der Waals surface area contributed by atoms with Crippen LogP contribution in [0.25, 0.3) is 0 Å². The number of nitrogens with two attached hydrogens (primary N) is 1. The fraction of sp³-hybridized carbons (Fsp3) is 0.200. The summed E-state index contributed by atoms with van der Waals surface area (Å²) in [6.45, 7) is 1.49. The van der Waals surface area contributed by atoms with Crippen LogP contribution in [0.4, 0.5) is 13.2 Å². The summed E-state index contributed by atoms with van der Waals surface area (Å²) in [4.78, 5) is 0. The predicted octanol–water partition coefficient (Wildman–Crippen LogP) is 3.70. The van der Waals surface area contributed by atoms with E-state index in [-0.39, 0.29) is 17.9 Å². The first-order chi connectivity index (χ1) is 9.47. The smallest absolute Gasteiger partial charge is 0.131 e. The molecular formula is C15H14F3NO. The zero-order valence-electron chi connectivity index (χ0n) is 10.9. The van der Waals surface area contributed by atoms with Gasteiger partial charge >= 0.3 is 0 Å². The summed E-state index contributed by atoms with van der Waals surface area (Å²) < 4.78 is 45.3. The molecule has 0 aliphatic carbocycles. The van der Waals surface area contributed by atoms with Crippen molar-refractivity contribution in [1.29, 1.82) is 0 Å². The Hall–Kier alpha value is -2.01. The van der Waals surface area contributed by atoms with Crippen LogP contribution in [0, 0.1) is 17.5 Å². The van der Waals surface area contributed by atoms with Gasteiger partial charge in [-0.15, -0.1) is 0 Å². The van der Waals surface area contributed by atoms with E-state index in [1.807, 2.05) is 0 Å². The highest BCUT2D eigenvalue weighted by molar-refractivity contribution is 5.31. The summed E-state index contributed by atoms with van der Waals surface area (Å²) in [5, 5.41) is 0. The molecule has 0 amide bonds. The van der Waals surface area contributed by atoms with Crippen molar-refractivity contribution in [3.63, 3.8) is 0 Å². The van der Waals surface area contributed by atoms with Crippen LogP contribution in [0.2, 0.25) is 0 Å². The molecule has 0 aliphatic heterocycles. The van der Waals surface area contributed by atoms with Gasteiger partial charge in [0.1, 0.15) is 29.8 Å². The SMILES string of the molecule is C[C@H](N)c1ccc(OCc2cc(F)ccc2F)cc1F. The van der Waals surface area contributed by atoms with Gasteiger partial charge < -0.3 is 10.5 Å². The lowest BCUT2D eigenvalue weighted by molar-refractivity contribution is 0.297. The van der Waals surface area contributed by atoms with E-state index >= 15 is 0 Å². The molecule has 20 heavy (non-hydrogen) atoms. The van der Waals surface area contributed by atoms with Gasteiger partial charge in [-0.1, -0.05) is 6.07 Å². The van der Waals surface area contributed by atoms with Crippen LogP contribution in [0.1, 0.15) is 24.1 Å². The minimum absolute atomic E-state index is 0.0710. The van der Waals surface area contributed by atoms with Gasteiger partial charge in [0.15, 0.2) is 0 Å². The summed E-state index contributed by atoms with van der Waals surface area (Å²) in [6, 6.07) is 6.89. The van der Waals surface area contributed by atoms with E-state index in [0.29, 0.717) is 5.56 Å². The molecule has 2 N–H and O–H groups in total. The van der Waals surface area contributed by atoms with E-state index in [1.165, 1.54) is 12.1 Å². The molecule has 0 heterocycles. The van der Waals surface area contributed by atoms with Gasteiger partial charge in [-0.05, 0) is 31.2 Å². The Morgan fingerprint density at radius 2 is 1.80 bits per heavy atom. The zero-order chi connectivity index (χ0) is 14.7. The maximum atomic E-state index is 13.7. The van der Waals surface area contributed by atoms with E-state index in [4.69, 9.17) is 10.5 Å². The molecule has 0 aromatic heterocycles. The summed E-state index contributed by atoms with van der Waals surface area (Å²) >= 11 is 0. The predicted molar refractivity (Wildman–Crippen MR) is 69.7 cm³/mol. The Morgan fingerprint density at radius 1 is 1.05 bits per heavy atom. The number of halogens is 3. The van der Waals surface area contributed by atoms with E-state index in [1.54, 1.807) is 13.0 Å². The molecular weight excluding hydrogens is 267 g/mol. The minimum atomic E-state index is -0.570. The molecule has 5 heteroatoms. The molecule has 2 aromatic carbocycles. The summed E-state index contributed by atoms with van der Waals surface area (Å²) in [5.74, 6) is -1.38. The quantitative estimate of drug-likeness (QED) is 0.927. The molecule has 2 rings (SSSR count). The first-order valence-electron chi connectivity index (χ1n) is 6.09. The van der Waals surface area contributed by atoms with E-state index in [2.05, 4.69) is 0 Å². The number of ether oxygens (including phenoxy) is 1. The second-order valence-corrected chi connectivity index (χ2v) is 4.50. The lowest BCUT2D eigenvalue weighted by atomic mass is 10.1. The Bertz CT molecular complexity index is 614. The standard InChI is InChI=1S/C15H14F3NO/c1-9(19)13-4-3-12(7-15(13)18)20-8-10-6-11(16)2-5-14(10)17/h2-7,9H,8,19H2,1H3/t9-/m0/s1. The lowest BCUT2D eigenvalue weighted by Crippen LogP contribution is -2.07. The van der Waals surface area contributed by atoms with E-state index < -0.39 is 23.5 Å². The van der Waals surface area contributed by atoms with Gasteiger partial charge in [-0.2, -0.15) is 0 Å². The first-order valence-corrected chi connectivity index (χ1v) is 6.09. The average molecular weight is 281 g/mol. The average Bonchev–Trinajstić information content (AvgIpc) is 2.39. The van der Waals surface area contributed by atoms with Crippen LogP contribution in [0.15, 0.2) is 36.4 Å². The van der Waals surface area contributed by atoms with Crippen molar-refractivity contribution >= 4 is 0 Å². The highest BCUT2D eigenvalue weighted by atomic mass is 19.1. The fourth-order valence-electron chi connectivity index (χ4n) is 1.78. The van der Waals surface area contributed by atoms with E-state index in [9.17, 15) is 13.2 Å². The summed E-state index contributed by atoms with van der Waals surface area (Å²) in [7, 11) is 0. The molecule has 0 bridgehead atoms. The van der Waals surface area contributed by atoms with Gasteiger partial charge in [0.25, 0.3) is 0 Å². The third-order valence-corrected chi connectivity index (χ3v) is 2.86. The summed E-state index contributed by atoms with van der Waals surface area (Å²) in [6.07, 6.45) is 0. The molecule has 0 saturated heterocycles. The minimum Gasteiger partial charge on any atom is -0.489 e. The van der Waals surface area contributed by atoms with Gasteiger partial charge in [0.05, 0.1) is 0 Å². The van der Waals surface area contributed by atoms with Crippen LogP contribution >= 0.6 is 0 Å². The van der Waals surface area contributed by atoms with Crippen molar-refractivity contribution in [2.75, 3.05) is 0 Å². The van der Waals surface area contributed by atoms with Crippen molar-refractivity contribution in [1.82, 2.24) is 0 Å². The fourth-order valence-corrected chi connectivity index (χ4v) is 1.78. The molecule has 0 radical (unpaired) electrons. The van der Waals surface area contributed by atoms with Crippen LogP contribution in [0.5, 0.6) is 5.75 Å². The molecule has 0 unspecified atom stereocenters. The van der Waals surface area contributed by atoms with Crippen molar-refractivity contribution < 1.29 is 17.9 Å². The highest BCUT2D eigenvalue weighted by Gasteiger charge is 2.09. The monoisotopic (exact) mass is 281 g/mol. The number of hydrogen-bond acceptors (Lipinski definition) is 2. The van der Waals surface area contributed by atoms with Gasteiger partial charge in [-0.3, -0.25) is 0 Å². The van der Waals surface area contributed by atoms with Crippen molar-refractivity contribution in [2.24, 2.45) is 5.73 Å². The number of rotatable bonds is 4. The van der Waals surface area contributed by atoms with Gasteiger partial charge in [-0.25, -0.2) is 13.2 Å². The zero-order valence-corrected chi connectivity index (χ0v) is 10.9. The third kappa shape index (κ3) is 3.30. The van der Waals surface area contributed by atoms with Crippen LogP contribution in [-0.2, 0) is 6.61 Å². The normalized spacial score (nSPS) is 12.2. The maximum absolute atomic E-state index is 13.7. The molecule has 0 spiro atoms. The molecule has 1 atom stereocenters. The summed E-state index contributed by atoms with van der Waals surface area (Å²) in [5.41, 5.74) is 6.03. The van der Waals surface area contributed by atoms with Crippen LogP contribution in [-0.4, -0.2) is 0 Å². The van der Waals surface area contributed by atoms with E-state index in [0.717, 1.165) is 18.2 Å². The Kier molecular flexibility index (Phi) is 4.29. The van der Waals surface area contributed by atoms with Crippen molar-refractivity contribution in [2.45, 2.75) is 19.6 Å². The number of hydrogen-bond donors (Lipinski definition) is 1. The second kappa shape index (κ2) is 5.96. The molecule has 106 valence electrons. The van der Waals surface area contributed by atoms with Gasteiger partial charge in [0, 0.05) is 23.2 Å². The second-order valence-electron chi connectivity index (χ2n) is 4.50. The Balaban J connectivity index is 2.11. The molecule has 0 fully saturated rings. The molecule has 0 aliphatic rings. The van der Waals surface area contributed by atoms with Crippen molar-refractivity contribution in [3.05, 3.63) is 65.0 Å². The first kappa shape index (κ1) is 14.4. The highest BCUT2D eigenvalue weighted by Crippen LogP contribution is 2.22. The van der Waals surface area contributed by atoms with Crippen LogP contribution in [0.3, 0.4) is 0 Å². The molecule has 0 saturated carbocycles. The largest absolute Gasteiger partial charge is 0.489 e. The third-order valence-electron chi connectivity index (χ3n) is 2.86. The molecule has 2 nitrogen and oxygen atoms in total. The lowest BCUT2D eigenvalue weighted by Gasteiger charge is -2.11. The van der Waals surface area contributed by atoms with Gasteiger partial charge in [0.2, 0.25) is 0 Å². The number of benzene rings is 2.